The summed E-state index contributed by atoms with van der Waals surface area (Å²) in [7, 11) is -3.49. The topological polar surface area (TPSA) is 89.3 Å². The highest BCUT2D eigenvalue weighted by Crippen LogP contribution is 2.25. The number of aryl methyl sites for hydroxylation is 1. The van der Waals surface area contributed by atoms with Crippen LogP contribution in [0.15, 0.2) is 29.2 Å². The summed E-state index contributed by atoms with van der Waals surface area (Å²) in [6.07, 6.45) is 2.60. The summed E-state index contributed by atoms with van der Waals surface area (Å²) in [5.41, 5.74) is 6.00. The van der Waals surface area contributed by atoms with E-state index in [2.05, 4.69) is 4.72 Å². The zero-order valence-corrected chi connectivity index (χ0v) is 12.3. The summed E-state index contributed by atoms with van der Waals surface area (Å²) in [4.78, 5) is 11.4. The predicted octanol–water partition coefficient (Wildman–Crippen LogP) is 1.32. The molecule has 3 N–H and O–H groups in total. The van der Waals surface area contributed by atoms with E-state index < -0.39 is 10.0 Å². The van der Waals surface area contributed by atoms with Crippen molar-refractivity contribution >= 4 is 15.9 Å². The van der Waals surface area contributed by atoms with Gasteiger partial charge in [0.2, 0.25) is 15.9 Å². The molecule has 1 amide bonds. The molecule has 0 aromatic heterocycles. The van der Waals surface area contributed by atoms with E-state index in [-0.39, 0.29) is 17.9 Å². The smallest absolute Gasteiger partial charge is 0.241 e. The van der Waals surface area contributed by atoms with Crippen LogP contribution < -0.4 is 10.5 Å². The first kappa shape index (κ1) is 15.0. The number of amides is 1. The number of carbonyl (C=O) groups excluding carboxylic acids is 1. The van der Waals surface area contributed by atoms with Gasteiger partial charge in [-0.1, -0.05) is 18.2 Å². The maximum Gasteiger partial charge on any atom is 0.241 e. The Kier molecular flexibility index (Phi) is 4.45. The van der Waals surface area contributed by atoms with Gasteiger partial charge in [0, 0.05) is 12.0 Å². The van der Waals surface area contributed by atoms with E-state index >= 15 is 0 Å². The van der Waals surface area contributed by atoms with Crippen molar-refractivity contribution in [3.63, 3.8) is 0 Å². The second-order valence-corrected chi connectivity index (χ2v) is 7.02. The molecule has 2 rings (SSSR count). The zero-order chi connectivity index (χ0) is 14.8. The second-order valence-electron chi connectivity index (χ2n) is 5.34. The van der Waals surface area contributed by atoms with Crippen LogP contribution in [0, 0.1) is 12.8 Å². The number of hydrogen-bond acceptors (Lipinski definition) is 3. The third-order valence-corrected chi connectivity index (χ3v) is 5.52. The Morgan fingerprint density at radius 1 is 1.20 bits per heavy atom. The lowest BCUT2D eigenvalue weighted by molar-refractivity contribution is -0.122. The van der Waals surface area contributed by atoms with Crippen LogP contribution in [0.3, 0.4) is 0 Å². The average Bonchev–Trinajstić information content (AvgIpc) is 2.39. The number of primary amides is 1. The highest BCUT2D eigenvalue weighted by molar-refractivity contribution is 7.89. The molecule has 0 spiro atoms. The summed E-state index contributed by atoms with van der Waals surface area (Å²) < 4.78 is 27.4. The molecule has 5 nitrogen and oxygen atoms in total. The molecule has 1 saturated carbocycles. The molecule has 0 atom stereocenters. The van der Waals surface area contributed by atoms with Gasteiger partial charge in [-0.3, -0.25) is 4.79 Å². The van der Waals surface area contributed by atoms with Gasteiger partial charge in [0.15, 0.2) is 0 Å². The fourth-order valence-electron chi connectivity index (χ4n) is 2.64. The van der Waals surface area contributed by atoms with Gasteiger partial charge in [-0.2, -0.15) is 0 Å². The van der Waals surface area contributed by atoms with Gasteiger partial charge in [-0.05, 0) is 44.2 Å². The first-order valence-corrected chi connectivity index (χ1v) is 8.26. The molecule has 1 aromatic carbocycles. The van der Waals surface area contributed by atoms with E-state index in [0.29, 0.717) is 30.6 Å². The molecule has 0 saturated heterocycles. The Bertz CT molecular complexity index is 590. The molecule has 6 heteroatoms. The Morgan fingerprint density at radius 3 is 2.35 bits per heavy atom. The normalized spacial score (nSPS) is 23.4. The molecule has 1 aliphatic carbocycles. The van der Waals surface area contributed by atoms with E-state index in [9.17, 15) is 13.2 Å². The van der Waals surface area contributed by atoms with Gasteiger partial charge in [-0.25, -0.2) is 13.1 Å². The summed E-state index contributed by atoms with van der Waals surface area (Å²) in [6, 6.07) is 6.79. The lowest BCUT2D eigenvalue weighted by Gasteiger charge is -2.27. The Hall–Kier alpha value is -1.40. The van der Waals surface area contributed by atoms with Crippen LogP contribution in [0.2, 0.25) is 0 Å². The molecule has 0 aliphatic heterocycles. The summed E-state index contributed by atoms with van der Waals surface area (Å²) in [5, 5.41) is 0. The number of sulfonamides is 1. The number of nitrogens with two attached hydrogens (primary N) is 1. The minimum atomic E-state index is -3.49. The maximum absolute atomic E-state index is 12.3. The molecule has 110 valence electrons. The highest BCUT2D eigenvalue weighted by atomic mass is 32.2. The van der Waals surface area contributed by atoms with Crippen molar-refractivity contribution in [2.24, 2.45) is 11.7 Å². The van der Waals surface area contributed by atoms with Crippen LogP contribution >= 0.6 is 0 Å². The minimum absolute atomic E-state index is 0.116. The van der Waals surface area contributed by atoms with E-state index in [1.807, 2.05) is 6.07 Å². The van der Waals surface area contributed by atoms with Gasteiger partial charge < -0.3 is 5.73 Å². The van der Waals surface area contributed by atoms with Crippen LogP contribution in [0.4, 0.5) is 0 Å². The molecular formula is C14H20N2O3S. The first-order valence-electron chi connectivity index (χ1n) is 6.77. The summed E-state index contributed by atoms with van der Waals surface area (Å²) in [5.74, 6) is -0.403. The Balaban J connectivity index is 2.04. The molecule has 0 heterocycles. The Labute approximate surface area is 119 Å². The second kappa shape index (κ2) is 5.93. The largest absolute Gasteiger partial charge is 0.369 e. The quantitative estimate of drug-likeness (QED) is 0.878. The van der Waals surface area contributed by atoms with Crippen LogP contribution in [0.5, 0.6) is 0 Å². The standard InChI is InChI=1S/C14H20N2O3S/c1-10-4-2-3-5-13(10)20(18,19)16-12-8-6-11(7-9-12)14(15)17/h2-5,11-12,16H,6-9H2,1H3,(H2,15,17). The van der Waals surface area contributed by atoms with Gasteiger partial charge in [0.25, 0.3) is 0 Å². The average molecular weight is 296 g/mol. The Morgan fingerprint density at radius 2 is 1.80 bits per heavy atom. The van der Waals surface area contributed by atoms with Crippen molar-refractivity contribution < 1.29 is 13.2 Å². The van der Waals surface area contributed by atoms with E-state index in [4.69, 9.17) is 5.73 Å². The third-order valence-electron chi connectivity index (χ3n) is 3.83. The molecule has 0 bridgehead atoms. The van der Waals surface area contributed by atoms with Gasteiger partial charge in [0.05, 0.1) is 4.90 Å². The number of carbonyl (C=O) groups is 1. The monoisotopic (exact) mass is 296 g/mol. The van der Waals surface area contributed by atoms with Gasteiger partial charge in [0.1, 0.15) is 0 Å². The van der Waals surface area contributed by atoms with Crippen LogP contribution in [0.25, 0.3) is 0 Å². The lowest BCUT2D eigenvalue weighted by Crippen LogP contribution is -2.39. The number of hydrogen-bond donors (Lipinski definition) is 2. The lowest BCUT2D eigenvalue weighted by atomic mass is 9.86. The van der Waals surface area contributed by atoms with E-state index in [1.54, 1.807) is 25.1 Å². The van der Waals surface area contributed by atoms with E-state index in [1.165, 1.54) is 0 Å². The van der Waals surface area contributed by atoms with Crippen molar-refractivity contribution in [1.82, 2.24) is 4.72 Å². The SMILES string of the molecule is Cc1ccccc1S(=O)(=O)NC1CCC(C(N)=O)CC1. The van der Waals surface area contributed by atoms with E-state index in [0.717, 1.165) is 5.56 Å². The molecule has 1 fully saturated rings. The molecule has 20 heavy (non-hydrogen) atoms. The molecule has 0 unspecified atom stereocenters. The third kappa shape index (κ3) is 3.37. The van der Waals surface area contributed by atoms with Crippen molar-refractivity contribution in [3.8, 4) is 0 Å². The van der Waals surface area contributed by atoms with Crippen molar-refractivity contribution in [1.29, 1.82) is 0 Å². The van der Waals surface area contributed by atoms with Crippen LogP contribution in [-0.4, -0.2) is 20.4 Å². The number of benzene rings is 1. The maximum atomic E-state index is 12.3. The van der Waals surface area contributed by atoms with Crippen molar-refractivity contribution in [3.05, 3.63) is 29.8 Å². The van der Waals surface area contributed by atoms with Crippen LogP contribution in [-0.2, 0) is 14.8 Å². The summed E-state index contributed by atoms with van der Waals surface area (Å²) >= 11 is 0. The number of nitrogens with one attached hydrogen (secondary N) is 1. The molecule has 1 aromatic rings. The van der Waals surface area contributed by atoms with Crippen molar-refractivity contribution in [2.45, 2.75) is 43.5 Å². The first-order chi connectivity index (χ1) is 9.40. The van der Waals surface area contributed by atoms with Crippen LogP contribution in [0.1, 0.15) is 31.2 Å². The minimum Gasteiger partial charge on any atom is -0.369 e. The fraction of sp³-hybridized carbons (Fsp3) is 0.500. The molecule has 0 radical (unpaired) electrons. The summed E-state index contributed by atoms with van der Waals surface area (Å²) in [6.45, 7) is 1.78. The van der Waals surface area contributed by atoms with Crippen molar-refractivity contribution in [2.75, 3.05) is 0 Å². The fourth-order valence-corrected chi connectivity index (χ4v) is 4.19. The molecular weight excluding hydrogens is 276 g/mol. The van der Waals surface area contributed by atoms with Gasteiger partial charge in [-0.15, -0.1) is 0 Å². The zero-order valence-electron chi connectivity index (χ0n) is 11.5. The number of rotatable bonds is 4. The van der Waals surface area contributed by atoms with Gasteiger partial charge >= 0.3 is 0 Å². The highest BCUT2D eigenvalue weighted by Gasteiger charge is 2.28. The predicted molar refractivity (Wildman–Crippen MR) is 76.4 cm³/mol. The molecule has 1 aliphatic rings.